The summed E-state index contributed by atoms with van der Waals surface area (Å²) in [4.78, 5) is 1.26. The van der Waals surface area contributed by atoms with Crippen molar-refractivity contribution in [2.75, 3.05) is 14.2 Å². The third-order valence-electron chi connectivity index (χ3n) is 3.05. The van der Waals surface area contributed by atoms with Crippen LogP contribution < -0.4 is 20.7 Å². The van der Waals surface area contributed by atoms with Crippen LogP contribution in [0.1, 0.15) is 16.5 Å². The first-order valence-corrected chi connectivity index (χ1v) is 7.71. The summed E-state index contributed by atoms with van der Waals surface area (Å²) in [5.74, 6) is 7.11. The summed E-state index contributed by atoms with van der Waals surface area (Å²) in [6, 6.07) is 10.0. The second kappa shape index (κ2) is 7.08. The highest BCUT2D eigenvalue weighted by molar-refractivity contribution is 9.11. The van der Waals surface area contributed by atoms with Gasteiger partial charge in [0.2, 0.25) is 0 Å². The minimum Gasteiger partial charge on any atom is -0.493 e. The molecule has 0 spiro atoms. The molecule has 108 valence electrons. The van der Waals surface area contributed by atoms with Crippen LogP contribution in [-0.4, -0.2) is 14.2 Å². The molecular weight excluding hydrogens is 340 g/mol. The molecule has 1 aromatic heterocycles. The predicted molar refractivity (Wildman–Crippen MR) is 85.3 cm³/mol. The highest BCUT2D eigenvalue weighted by Gasteiger charge is 2.14. The van der Waals surface area contributed by atoms with Crippen LogP contribution in [0.15, 0.2) is 34.1 Å². The molecule has 0 amide bonds. The Bertz CT molecular complexity index is 574. The monoisotopic (exact) mass is 356 g/mol. The van der Waals surface area contributed by atoms with Crippen molar-refractivity contribution in [2.45, 2.75) is 12.5 Å². The van der Waals surface area contributed by atoms with Crippen LogP contribution in [0.5, 0.6) is 11.5 Å². The van der Waals surface area contributed by atoms with E-state index >= 15 is 0 Å². The normalized spacial score (nSPS) is 12.2. The lowest BCUT2D eigenvalue weighted by atomic mass is 10.0. The van der Waals surface area contributed by atoms with Gasteiger partial charge < -0.3 is 9.47 Å². The van der Waals surface area contributed by atoms with Crippen molar-refractivity contribution < 1.29 is 9.47 Å². The molecule has 2 rings (SSSR count). The van der Waals surface area contributed by atoms with Crippen molar-refractivity contribution in [1.29, 1.82) is 0 Å². The number of ether oxygens (including phenoxy) is 2. The molecule has 1 atom stereocenters. The topological polar surface area (TPSA) is 56.5 Å². The van der Waals surface area contributed by atoms with E-state index < -0.39 is 0 Å². The smallest absolute Gasteiger partial charge is 0.161 e. The molecule has 6 heteroatoms. The van der Waals surface area contributed by atoms with Crippen LogP contribution >= 0.6 is 27.3 Å². The SMILES string of the molecule is COc1ccc(C(Cc2ccc(Br)s2)NN)cc1OC. The van der Waals surface area contributed by atoms with Crippen LogP contribution in [0.3, 0.4) is 0 Å². The largest absolute Gasteiger partial charge is 0.493 e. The number of thiophene rings is 1. The molecule has 0 bridgehead atoms. The van der Waals surface area contributed by atoms with Gasteiger partial charge in [0.1, 0.15) is 0 Å². The maximum Gasteiger partial charge on any atom is 0.161 e. The molecular formula is C14H17BrN2O2S. The highest BCUT2D eigenvalue weighted by atomic mass is 79.9. The fraction of sp³-hybridized carbons (Fsp3) is 0.286. The average molecular weight is 357 g/mol. The fourth-order valence-electron chi connectivity index (χ4n) is 2.01. The first kappa shape index (κ1) is 15.3. The van der Waals surface area contributed by atoms with Gasteiger partial charge in [-0.15, -0.1) is 11.3 Å². The Labute approximate surface area is 131 Å². The van der Waals surface area contributed by atoms with E-state index in [0.717, 1.165) is 15.8 Å². The second-order valence-corrected chi connectivity index (χ2v) is 6.79. The lowest BCUT2D eigenvalue weighted by molar-refractivity contribution is 0.354. The lowest BCUT2D eigenvalue weighted by Gasteiger charge is -2.17. The molecule has 0 saturated carbocycles. The van der Waals surface area contributed by atoms with Crippen molar-refractivity contribution in [2.24, 2.45) is 5.84 Å². The first-order chi connectivity index (χ1) is 9.67. The zero-order valence-corrected chi connectivity index (χ0v) is 13.8. The molecule has 3 N–H and O–H groups in total. The van der Waals surface area contributed by atoms with Gasteiger partial charge in [-0.3, -0.25) is 11.3 Å². The third-order valence-corrected chi connectivity index (χ3v) is 4.69. The van der Waals surface area contributed by atoms with Crippen molar-refractivity contribution in [3.8, 4) is 11.5 Å². The first-order valence-electron chi connectivity index (χ1n) is 6.10. The zero-order chi connectivity index (χ0) is 14.5. The number of nitrogens with one attached hydrogen (secondary N) is 1. The standard InChI is InChI=1S/C14H17BrN2O2S/c1-18-12-5-3-9(7-13(12)19-2)11(17-16)8-10-4-6-14(15)20-10/h3-7,11,17H,8,16H2,1-2H3. The number of hydrogen-bond acceptors (Lipinski definition) is 5. The van der Waals surface area contributed by atoms with E-state index in [-0.39, 0.29) is 6.04 Å². The molecule has 1 heterocycles. The van der Waals surface area contributed by atoms with E-state index in [2.05, 4.69) is 27.4 Å². The van der Waals surface area contributed by atoms with Crippen molar-refractivity contribution in [1.82, 2.24) is 5.43 Å². The van der Waals surface area contributed by atoms with Gasteiger partial charge in [-0.25, -0.2) is 0 Å². The second-order valence-electron chi connectivity index (χ2n) is 4.24. The van der Waals surface area contributed by atoms with E-state index in [0.29, 0.717) is 11.5 Å². The molecule has 4 nitrogen and oxygen atoms in total. The van der Waals surface area contributed by atoms with E-state index in [1.165, 1.54) is 4.88 Å². The van der Waals surface area contributed by atoms with Gasteiger partial charge in [-0.1, -0.05) is 6.07 Å². The van der Waals surface area contributed by atoms with Gasteiger partial charge in [0, 0.05) is 11.3 Å². The molecule has 0 aliphatic heterocycles. The van der Waals surface area contributed by atoms with Gasteiger partial charge in [-0.2, -0.15) is 0 Å². The van der Waals surface area contributed by atoms with Gasteiger partial charge in [0.05, 0.1) is 24.0 Å². The summed E-state index contributed by atoms with van der Waals surface area (Å²) in [6.45, 7) is 0. The van der Waals surface area contributed by atoms with Crippen LogP contribution in [0.2, 0.25) is 0 Å². The van der Waals surface area contributed by atoms with Crippen LogP contribution in [0.25, 0.3) is 0 Å². The Morgan fingerprint density at radius 1 is 1.20 bits per heavy atom. The summed E-state index contributed by atoms with van der Waals surface area (Å²) in [7, 11) is 3.25. The maximum atomic E-state index is 5.69. The van der Waals surface area contributed by atoms with Gasteiger partial charge in [0.25, 0.3) is 0 Å². The van der Waals surface area contributed by atoms with Crippen LogP contribution in [-0.2, 0) is 6.42 Å². The summed E-state index contributed by atoms with van der Waals surface area (Å²) in [6.07, 6.45) is 0.822. The fourth-order valence-corrected chi connectivity index (χ4v) is 3.53. The summed E-state index contributed by atoms with van der Waals surface area (Å²) in [5.41, 5.74) is 3.92. The Kier molecular flexibility index (Phi) is 5.42. The Morgan fingerprint density at radius 3 is 2.50 bits per heavy atom. The van der Waals surface area contributed by atoms with Crippen LogP contribution in [0, 0.1) is 0 Å². The predicted octanol–water partition coefficient (Wildman–Crippen LogP) is 3.27. The number of hydrazine groups is 1. The number of hydrogen-bond donors (Lipinski definition) is 2. The molecule has 2 aromatic rings. The van der Waals surface area contributed by atoms with E-state index in [1.807, 2.05) is 24.3 Å². The number of rotatable bonds is 6. The highest BCUT2D eigenvalue weighted by Crippen LogP contribution is 2.32. The lowest BCUT2D eigenvalue weighted by Crippen LogP contribution is -2.29. The van der Waals surface area contributed by atoms with Crippen molar-refractivity contribution in [3.63, 3.8) is 0 Å². The van der Waals surface area contributed by atoms with E-state index in [4.69, 9.17) is 15.3 Å². The number of methoxy groups -OCH3 is 2. The molecule has 0 aliphatic carbocycles. The molecule has 1 aromatic carbocycles. The Balaban J connectivity index is 2.22. The number of nitrogens with two attached hydrogens (primary N) is 1. The van der Waals surface area contributed by atoms with Crippen molar-refractivity contribution >= 4 is 27.3 Å². The number of benzene rings is 1. The van der Waals surface area contributed by atoms with Crippen LogP contribution in [0.4, 0.5) is 0 Å². The third kappa shape index (κ3) is 3.52. The van der Waals surface area contributed by atoms with Gasteiger partial charge in [0.15, 0.2) is 11.5 Å². The van der Waals surface area contributed by atoms with Gasteiger partial charge >= 0.3 is 0 Å². The van der Waals surface area contributed by atoms with Crippen molar-refractivity contribution in [3.05, 3.63) is 44.6 Å². The summed E-state index contributed by atoms with van der Waals surface area (Å²) < 4.78 is 11.7. The Morgan fingerprint density at radius 2 is 1.95 bits per heavy atom. The maximum absolute atomic E-state index is 5.69. The molecule has 0 fully saturated rings. The zero-order valence-electron chi connectivity index (χ0n) is 11.4. The molecule has 1 unspecified atom stereocenters. The number of halogens is 1. The summed E-state index contributed by atoms with van der Waals surface area (Å²) >= 11 is 5.18. The quantitative estimate of drug-likeness (QED) is 0.615. The van der Waals surface area contributed by atoms with E-state index in [1.54, 1.807) is 25.6 Å². The molecule has 20 heavy (non-hydrogen) atoms. The van der Waals surface area contributed by atoms with Gasteiger partial charge in [-0.05, 0) is 45.8 Å². The minimum atomic E-state index is 0.0281. The minimum absolute atomic E-state index is 0.0281. The molecule has 0 saturated heterocycles. The molecule has 0 radical (unpaired) electrons. The summed E-state index contributed by atoms with van der Waals surface area (Å²) in [5, 5.41) is 0. The Hall–Kier alpha value is -1.08. The average Bonchev–Trinajstić information content (AvgIpc) is 2.89. The molecule has 0 aliphatic rings. The van der Waals surface area contributed by atoms with E-state index in [9.17, 15) is 0 Å².